The van der Waals surface area contributed by atoms with Gasteiger partial charge in [-0.2, -0.15) is 18.3 Å². The van der Waals surface area contributed by atoms with Crippen molar-refractivity contribution in [2.75, 3.05) is 31.6 Å². The molecule has 4 bridgehead atoms. The van der Waals surface area contributed by atoms with Gasteiger partial charge in [0.25, 0.3) is 5.91 Å². The van der Waals surface area contributed by atoms with Crippen LogP contribution >= 0.6 is 0 Å². The van der Waals surface area contributed by atoms with Gasteiger partial charge < -0.3 is 25.5 Å². The maximum Gasteiger partial charge on any atom is 0.405 e. The number of aromatic nitrogens is 2. The molecule has 1 aliphatic heterocycles. The normalized spacial score (nSPS) is 31.5. The Labute approximate surface area is 214 Å². The van der Waals surface area contributed by atoms with Crippen molar-refractivity contribution in [2.45, 2.75) is 75.7 Å². The second-order valence-corrected chi connectivity index (χ2v) is 11.7. The Balaban J connectivity index is 1.20. The summed E-state index contributed by atoms with van der Waals surface area (Å²) < 4.78 is 38.9. The van der Waals surface area contributed by atoms with E-state index in [1.807, 2.05) is 19.3 Å². The molecule has 206 valence electrons. The monoisotopic (exact) mass is 526 g/mol. The van der Waals surface area contributed by atoms with E-state index in [2.05, 4.69) is 15.3 Å². The zero-order valence-corrected chi connectivity index (χ0v) is 21.6. The lowest BCUT2D eigenvalue weighted by Crippen LogP contribution is -2.61. The number of carbonyl (C=O) groups is 2. The van der Waals surface area contributed by atoms with E-state index in [9.17, 15) is 27.9 Å². The average Bonchev–Trinajstić information content (AvgIpc) is 3.11. The van der Waals surface area contributed by atoms with Gasteiger partial charge in [0.05, 0.1) is 5.60 Å². The fourth-order valence-electron chi connectivity index (χ4n) is 7.68. The molecule has 6 rings (SSSR count). The lowest BCUT2D eigenvalue weighted by molar-refractivity contribution is -0.137. The fraction of sp³-hybridized carbons (Fsp3) is 0.800. The molecule has 37 heavy (non-hydrogen) atoms. The summed E-state index contributed by atoms with van der Waals surface area (Å²) in [6, 6.07) is -0.576. The van der Waals surface area contributed by atoms with Gasteiger partial charge in [-0.15, -0.1) is 0 Å². The first kappa shape index (κ1) is 26.1. The van der Waals surface area contributed by atoms with Crippen LogP contribution in [0.3, 0.4) is 0 Å². The quantitative estimate of drug-likeness (QED) is 0.548. The largest absolute Gasteiger partial charge is 0.405 e. The van der Waals surface area contributed by atoms with E-state index < -0.39 is 24.4 Å². The number of rotatable bonds is 5. The highest BCUT2D eigenvalue weighted by atomic mass is 19.4. The highest BCUT2D eigenvalue weighted by Crippen LogP contribution is 2.55. The summed E-state index contributed by atoms with van der Waals surface area (Å²) in [4.78, 5) is 28.9. The molecule has 12 heteroatoms. The number of nitrogens with one attached hydrogen (secondary N) is 2. The first-order chi connectivity index (χ1) is 17.3. The Morgan fingerprint density at radius 2 is 1.78 bits per heavy atom. The Morgan fingerprint density at radius 1 is 1.16 bits per heavy atom. The standard InChI is InChI=1S/C25H37F3N6O3/c1-14-19(21(35)30-20-16-8-15-9-17(20)12-24(37,10-15)11-16)31-33(3)22(14)32(2)18-4-6-34(7-5-18)23(36)29-13-25(26,27)28/h15-18,20,37H,4-13H2,1-3H3,(H,29,36)(H,30,35). The van der Waals surface area contributed by atoms with E-state index in [0.717, 1.165) is 43.5 Å². The number of piperidine rings is 1. The summed E-state index contributed by atoms with van der Waals surface area (Å²) in [5, 5.41) is 20.6. The summed E-state index contributed by atoms with van der Waals surface area (Å²) in [5.74, 6) is 1.81. The van der Waals surface area contributed by atoms with Gasteiger partial charge in [-0.05, 0) is 69.6 Å². The summed E-state index contributed by atoms with van der Waals surface area (Å²) in [5.41, 5.74) is 0.611. The van der Waals surface area contributed by atoms with Crippen LogP contribution in [0.2, 0.25) is 0 Å². The van der Waals surface area contributed by atoms with E-state index in [4.69, 9.17) is 0 Å². The number of hydrogen-bond acceptors (Lipinski definition) is 5. The molecule has 0 radical (unpaired) electrons. The maximum atomic E-state index is 13.4. The van der Waals surface area contributed by atoms with E-state index >= 15 is 0 Å². The van der Waals surface area contributed by atoms with Gasteiger partial charge in [0.2, 0.25) is 0 Å². The first-order valence-electron chi connectivity index (χ1n) is 13.2. The highest BCUT2D eigenvalue weighted by Gasteiger charge is 2.55. The minimum Gasteiger partial charge on any atom is -0.390 e. The van der Waals surface area contributed by atoms with E-state index in [0.29, 0.717) is 49.4 Å². The topological polar surface area (TPSA) is 103 Å². The van der Waals surface area contributed by atoms with Crippen molar-refractivity contribution in [1.82, 2.24) is 25.3 Å². The predicted molar refractivity (Wildman–Crippen MR) is 130 cm³/mol. The van der Waals surface area contributed by atoms with Crippen molar-refractivity contribution in [3.63, 3.8) is 0 Å². The SMILES string of the molecule is Cc1c(C(=O)NC2C3CC4CC2CC(O)(C4)C3)nn(C)c1N(C)C1CCN(C(=O)NCC(F)(F)F)CC1. The zero-order chi connectivity index (χ0) is 26.7. The van der Waals surface area contributed by atoms with Gasteiger partial charge in [0, 0.05) is 44.8 Å². The molecule has 5 fully saturated rings. The second-order valence-electron chi connectivity index (χ2n) is 11.7. The molecule has 3 amide bonds. The van der Waals surface area contributed by atoms with Crippen LogP contribution in [-0.4, -0.2) is 82.3 Å². The second kappa shape index (κ2) is 9.36. The Kier molecular flexibility index (Phi) is 6.60. The van der Waals surface area contributed by atoms with Crippen LogP contribution < -0.4 is 15.5 Å². The zero-order valence-electron chi connectivity index (χ0n) is 21.6. The third-order valence-electron chi connectivity index (χ3n) is 9.07. The average molecular weight is 527 g/mol. The van der Waals surface area contributed by atoms with Gasteiger partial charge in [-0.1, -0.05) is 0 Å². The number of halogens is 3. The van der Waals surface area contributed by atoms with Crippen LogP contribution in [-0.2, 0) is 7.05 Å². The molecule has 0 spiro atoms. The molecule has 2 unspecified atom stereocenters. The summed E-state index contributed by atoms with van der Waals surface area (Å²) in [6.45, 7) is 1.24. The maximum absolute atomic E-state index is 13.4. The summed E-state index contributed by atoms with van der Waals surface area (Å²) in [6.07, 6.45) is 1.28. The first-order valence-corrected chi connectivity index (χ1v) is 13.2. The minimum absolute atomic E-state index is 0.0573. The van der Waals surface area contributed by atoms with Gasteiger partial charge in [0.1, 0.15) is 12.4 Å². The molecule has 2 atom stereocenters. The van der Waals surface area contributed by atoms with Gasteiger partial charge in [0.15, 0.2) is 5.69 Å². The van der Waals surface area contributed by atoms with Crippen molar-refractivity contribution in [2.24, 2.45) is 24.8 Å². The molecule has 2 heterocycles. The molecular weight excluding hydrogens is 489 g/mol. The predicted octanol–water partition coefficient (Wildman–Crippen LogP) is 2.57. The van der Waals surface area contributed by atoms with Crippen LogP contribution in [0.1, 0.15) is 61.0 Å². The van der Waals surface area contributed by atoms with Crippen molar-refractivity contribution >= 4 is 17.8 Å². The lowest BCUT2D eigenvalue weighted by Gasteiger charge is -2.58. The molecule has 4 saturated carbocycles. The number of aryl methyl sites for hydroxylation is 1. The van der Waals surface area contributed by atoms with Gasteiger partial charge in [-0.3, -0.25) is 9.48 Å². The van der Waals surface area contributed by atoms with Crippen LogP contribution in [0.5, 0.6) is 0 Å². The van der Waals surface area contributed by atoms with Crippen molar-refractivity contribution < 1.29 is 27.9 Å². The molecule has 9 nitrogen and oxygen atoms in total. The number of urea groups is 1. The number of anilines is 1. The molecule has 1 aromatic heterocycles. The van der Waals surface area contributed by atoms with Crippen LogP contribution in [0.25, 0.3) is 0 Å². The Bertz CT molecular complexity index is 1040. The lowest BCUT2D eigenvalue weighted by atomic mass is 9.52. The number of carbonyl (C=O) groups excluding carboxylic acids is 2. The summed E-state index contributed by atoms with van der Waals surface area (Å²) in [7, 11) is 3.72. The Morgan fingerprint density at radius 3 is 2.35 bits per heavy atom. The molecule has 1 saturated heterocycles. The number of alkyl halides is 3. The molecule has 4 aliphatic carbocycles. The third-order valence-corrected chi connectivity index (χ3v) is 9.07. The van der Waals surface area contributed by atoms with E-state index in [1.165, 1.54) is 4.90 Å². The van der Waals surface area contributed by atoms with Crippen LogP contribution in [0.4, 0.5) is 23.8 Å². The van der Waals surface area contributed by atoms with E-state index in [1.54, 1.807) is 11.7 Å². The molecular formula is C25H37F3N6O3. The number of hydrogen-bond donors (Lipinski definition) is 3. The molecule has 1 aromatic rings. The highest BCUT2D eigenvalue weighted by molar-refractivity contribution is 5.95. The van der Waals surface area contributed by atoms with Crippen LogP contribution in [0.15, 0.2) is 0 Å². The number of nitrogens with zero attached hydrogens (tertiary/aromatic N) is 4. The minimum atomic E-state index is -4.44. The Hall–Kier alpha value is -2.50. The van der Waals surface area contributed by atoms with Crippen molar-refractivity contribution in [3.8, 4) is 0 Å². The van der Waals surface area contributed by atoms with Gasteiger partial charge in [-0.25, -0.2) is 4.79 Å². The number of aliphatic hydroxyl groups is 1. The molecule has 0 aromatic carbocycles. The number of amides is 3. The van der Waals surface area contributed by atoms with Crippen LogP contribution in [0, 0.1) is 24.7 Å². The van der Waals surface area contributed by atoms with Crippen molar-refractivity contribution in [1.29, 1.82) is 0 Å². The molecule has 3 N–H and O–H groups in total. The summed E-state index contributed by atoms with van der Waals surface area (Å²) >= 11 is 0. The fourth-order valence-corrected chi connectivity index (χ4v) is 7.68. The molecule has 5 aliphatic rings. The smallest absolute Gasteiger partial charge is 0.390 e. The van der Waals surface area contributed by atoms with Crippen molar-refractivity contribution in [3.05, 3.63) is 11.3 Å². The third kappa shape index (κ3) is 5.13. The van der Waals surface area contributed by atoms with Gasteiger partial charge >= 0.3 is 12.2 Å². The van der Waals surface area contributed by atoms with E-state index in [-0.39, 0.29) is 18.0 Å². The number of likely N-dealkylation sites (tertiary alicyclic amines) is 1.